The minimum Gasteiger partial charge on any atom is -0.306 e. The summed E-state index contributed by atoms with van der Waals surface area (Å²) in [4.78, 5) is 4.65. The van der Waals surface area contributed by atoms with E-state index >= 15 is 0 Å². The van der Waals surface area contributed by atoms with Crippen molar-refractivity contribution in [2.45, 2.75) is 32.9 Å². The van der Waals surface area contributed by atoms with Crippen LogP contribution in [-0.2, 0) is 6.54 Å². The second-order valence-electron chi connectivity index (χ2n) is 5.24. The lowest BCUT2D eigenvalue weighted by Gasteiger charge is -2.19. The van der Waals surface area contributed by atoms with Crippen molar-refractivity contribution in [3.8, 4) is 11.3 Å². The van der Waals surface area contributed by atoms with Crippen LogP contribution in [0.4, 0.5) is 0 Å². The SMILES string of the molecule is CC(C)(C)NCc1nc(-c2ccc(Br)cc2)cs1. The van der Waals surface area contributed by atoms with Crippen LogP contribution in [0.25, 0.3) is 11.3 Å². The summed E-state index contributed by atoms with van der Waals surface area (Å²) in [5, 5.41) is 6.69. The Morgan fingerprint density at radius 2 is 1.89 bits per heavy atom. The molecule has 2 rings (SSSR count). The molecule has 0 aliphatic heterocycles. The van der Waals surface area contributed by atoms with E-state index in [4.69, 9.17) is 0 Å². The van der Waals surface area contributed by atoms with E-state index in [2.05, 4.69) is 64.5 Å². The lowest BCUT2D eigenvalue weighted by atomic mass is 10.1. The molecule has 2 aromatic rings. The van der Waals surface area contributed by atoms with Gasteiger partial charge >= 0.3 is 0 Å². The fraction of sp³-hybridized carbons (Fsp3) is 0.357. The zero-order chi connectivity index (χ0) is 13.2. The molecule has 0 saturated carbocycles. The summed E-state index contributed by atoms with van der Waals surface area (Å²) in [6.45, 7) is 7.31. The van der Waals surface area contributed by atoms with Crippen LogP contribution >= 0.6 is 27.3 Å². The molecule has 0 aliphatic rings. The van der Waals surface area contributed by atoms with Crippen molar-refractivity contribution in [1.82, 2.24) is 10.3 Å². The Morgan fingerprint density at radius 1 is 1.22 bits per heavy atom. The number of rotatable bonds is 3. The Morgan fingerprint density at radius 3 is 2.50 bits per heavy atom. The van der Waals surface area contributed by atoms with Crippen LogP contribution < -0.4 is 5.32 Å². The van der Waals surface area contributed by atoms with Gasteiger partial charge in [0.15, 0.2) is 0 Å². The highest BCUT2D eigenvalue weighted by molar-refractivity contribution is 9.10. The van der Waals surface area contributed by atoms with E-state index < -0.39 is 0 Å². The largest absolute Gasteiger partial charge is 0.306 e. The molecule has 2 nitrogen and oxygen atoms in total. The summed E-state index contributed by atoms with van der Waals surface area (Å²) >= 11 is 5.15. The fourth-order valence-electron chi connectivity index (χ4n) is 1.49. The van der Waals surface area contributed by atoms with Crippen molar-refractivity contribution in [2.24, 2.45) is 0 Å². The Bertz CT molecular complexity index is 511. The molecule has 0 aliphatic carbocycles. The predicted molar refractivity (Wildman–Crippen MR) is 81.8 cm³/mol. The molecule has 0 amide bonds. The molecule has 0 radical (unpaired) electrons. The molecule has 0 saturated heterocycles. The lowest BCUT2D eigenvalue weighted by molar-refractivity contribution is 0.424. The molecule has 96 valence electrons. The molecule has 1 heterocycles. The second-order valence-corrected chi connectivity index (χ2v) is 7.10. The molecular formula is C14H17BrN2S. The van der Waals surface area contributed by atoms with Crippen LogP contribution in [0, 0.1) is 0 Å². The first-order valence-electron chi connectivity index (χ1n) is 5.89. The average Bonchev–Trinajstić information content (AvgIpc) is 2.75. The smallest absolute Gasteiger partial charge is 0.107 e. The molecule has 0 fully saturated rings. The molecule has 1 aromatic heterocycles. The normalized spacial score (nSPS) is 11.8. The van der Waals surface area contributed by atoms with Crippen molar-refractivity contribution in [1.29, 1.82) is 0 Å². The summed E-state index contributed by atoms with van der Waals surface area (Å²) in [5.74, 6) is 0. The molecule has 18 heavy (non-hydrogen) atoms. The van der Waals surface area contributed by atoms with Crippen molar-refractivity contribution in [3.63, 3.8) is 0 Å². The zero-order valence-electron chi connectivity index (χ0n) is 10.8. The number of thiazole rings is 1. The quantitative estimate of drug-likeness (QED) is 0.901. The highest BCUT2D eigenvalue weighted by Crippen LogP contribution is 2.23. The molecule has 4 heteroatoms. The van der Waals surface area contributed by atoms with Gasteiger partial charge < -0.3 is 5.32 Å². The van der Waals surface area contributed by atoms with Gasteiger partial charge in [0, 0.05) is 27.5 Å². The number of hydrogen-bond acceptors (Lipinski definition) is 3. The Kier molecular flexibility index (Phi) is 4.20. The average molecular weight is 325 g/mol. The molecule has 0 spiro atoms. The molecule has 0 atom stereocenters. The van der Waals surface area contributed by atoms with E-state index in [1.807, 2.05) is 12.1 Å². The summed E-state index contributed by atoms with van der Waals surface area (Å²) in [6.07, 6.45) is 0. The highest BCUT2D eigenvalue weighted by Gasteiger charge is 2.10. The molecule has 0 unspecified atom stereocenters. The summed E-state index contributed by atoms with van der Waals surface area (Å²) in [5.41, 5.74) is 2.35. The van der Waals surface area contributed by atoms with Gasteiger partial charge in [0.05, 0.1) is 5.69 Å². The van der Waals surface area contributed by atoms with Crippen LogP contribution in [-0.4, -0.2) is 10.5 Å². The van der Waals surface area contributed by atoms with Gasteiger partial charge in [0.1, 0.15) is 5.01 Å². The third-order valence-electron chi connectivity index (χ3n) is 2.46. The fourth-order valence-corrected chi connectivity index (χ4v) is 2.49. The summed E-state index contributed by atoms with van der Waals surface area (Å²) < 4.78 is 1.09. The minimum absolute atomic E-state index is 0.128. The first kappa shape index (κ1) is 13.7. The summed E-state index contributed by atoms with van der Waals surface area (Å²) in [6, 6.07) is 8.25. The van der Waals surface area contributed by atoms with E-state index in [9.17, 15) is 0 Å². The van der Waals surface area contributed by atoms with E-state index in [-0.39, 0.29) is 5.54 Å². The molecule has 1 N–H and O–H groups in total. The number of benzene rings is 1. The number of nitrogens with one attached hydrogen (secondary N) is 1. The maximum absolute atomic E-state index is 4.65. The maximum atomic E-state index is 4.65. The number of aromatic nitrogens is 1. The van der Waals surface area contributed by atoms with E-state index in [0.717, 1.165) is 27.3 Å². The lowest BCUT2D eigenvalue weighted by Crippen LogP contribution is -2.34. The van der Waals surface area contributed by atoms with Crippen molar-refractivity contribution < 1.29 is 0 Å². The van der Waals surface area contributed by atoms with Gasteiger partial charge in [-0.15, -0.1) is 11.3 Å². The summed E-state index contributed by atoms with van der Waals surface area (Å²) in [7, 11) is 0. The Balaban J connectivity index is 2.08. The van der Waals surface area contributed by atoms with Gasteiger partial charge in [0.2, 0.25) is 0 Å². The molecular weight excluding hydrogens is 308 g/mol. The minimum atomic E-state index is 0.128. The van der Waals surface area contributed by atoms with E-state index in [0.29, 0.717) is 0 Å². The second kappa shape index (κ2) is 5.51. The third kappa shape index (κ3) is 3.90. The highest BCUT2D eigenvalue weighted by atomic mass is 79.9. The zero-order valence-corrected chi connectivity index (χ0v) is 13.2. The van der Waals surface area contributed by atoms with Crippen LogP contribution in [0.5, 0.6) is 0 Å². The van der Waals surface area contributed by atoms with Crippen LogP contribution in [0.2, 0.25) is 0 Å². The first-order valence-corrected chi connectivity index (χ1v) is 7.57. The van der Waals surface area contributed by atoms with Crippen LogP contribution in [0.1, 0.15) is 25.8 Å². The van der Waals surface area contributed by atoms with Crippen LogP contribution in [0.15, 0.2) is 34.1 Å². The third-order valence-corrected chi connectivity index (χ3v) is 3.84. The van der Waals surface area contributed by atoms with Crippen molar-refractivity contribution >= 4 is 27.3 Å². The standard InChI is InChI=1S/C14H17BrN2S/c1-14(2,3)16-8-13-17-12(9-18-13)10-4-6-11(15)7-5-10/h4-7,9,16H,8H2,1-3H3. The van der Waals surface area contributed by atoms with Crippen LogP contribution in [0.3, 0.4) is 0 Å². The van der Waals surface area contributed by atoms with Crippen molar-refractivity contribution in [3.05, 3.63) is 39.1 Å². The van der Waals surface area contributed by atoms with E-state index in [1.54, 1.807) is 11.3 Å². The van der Waals surface area contributed by atoms with Crippen molar-refractivity contribution in [2.75, 3.05) is 0 Å². The molecule has 0 bridgehead atoms. The van der Waals surface area contributed by atoms with Gasteiger partial charge in [-0.2, -0.15) is 0 Å². The monoisotopic (exact) mass is 324 g/mol. The van der Waals surface area contributed by atoms with E-state index in [1.165, 1.54) is 0 Å². The number of halogens is 1. The maximum Gasteiger partial charge on any atom is 0.107 e. The molecule has 1 aromatic carbocycles. The van der Waals surface area contributed by atoms with Gasteiger partial charge in [-0.1, -0.05) is 28.1 Å². The Labute approximate surface area is 121 Å². The first-order chi connectivity index (χ1) is 8.44. The predicted octanol–water partition coefficient (Wildman–Crippen LogP) is 4.46. The van der Waals surface area contributed by atoms with Gasteiger partial charge in [-0.25, -0.2) is 4.98 Å². The van der Waals surface area contributed by atoms with Gasteiger partial charge in [0.25, 0.3) is 0 Å². The number of nitrogens with zero attached hydrogens (tertiary/aromatic N) is 1. The topological polar surface area (TPSA) is 24.9 Å². The Hall–Kier alpha value is -0.710. The van der Waals surface area contributed by atoms with Gasteiger partial charge in [-0.05, 0) is 32.9 Å². The van der Waals surface area contributed by atoms with Gasteiger partial charge in [-0.3, -0.25) is 0 Å². The number of hydrogen-bond donors (Lipinski definition) is 1.